The van der Waals surface area contributed by atoms with Gasteiger partial charge in [-0.05, 0) is 18.6 Å². The minimum absolute atomic E-state index is 0.355. The summed E-state index contributed by atoms with van der Waals surface area (Å²) in [4.78, 5) is 0.355. The minimum Gasteiger partial charge on any atom is -0.223 e. The summed E-state index contributed by atoms with van der Waals surface area (Å²) in [5.41, 5.74) is 0. The van der Waals surface area contributed by atoms with E-state index in [9.17, 15) is 8.42 Å². The Hall–Kier alpha value is -0.480. The molecule has 1 aromatic carbocycles. The largest absolute Gasteiger partial charge is 0.223 e. The fourth-order valence-corrected chi connectivity index (χ4v) is 3.19. The standard InChI is InChI=1S/C10H14O2S2/c1-2-6-10(13)14(11,12)9-7-4-3-5-8-9/h3-5,7-8,10,13H,2,6H2,1H3. The van der Waals surface area contributed by atoms with Crippen LogP contribution in [0, 0.1) is 0 Å². The lowest BCUT2D eigenvalue weighted by Crippen LogP contribution is -2.15. The first-order chi connectivity index (χ1) is 6.59. The van der Waals surface area contributed by atoms with Gasteiger partial charge in [-0.15, -0.1) is 0 Å². The first kappa shape index (κ1) is 11.6. The van der Waals surface area contributed by atoms with E-state index in [2.05, 4.69) is 12.6 Å². The summed E-state index contributed by atoms with van der Waals surface area (Å²) in [7, 11) is -3.24. The lowest BCUT2D eigenvalue weighted by molar-refractivity contribution is 0.589. The highest BCUT2D eigenvalue weighted by atomic mass is 32.2. The molecule has 0 radical (unpaired) electrons. The molecular weight excluding hydrogens is 216 g/mol. The van der Waals surface area contributed by atoms with Crippen molar-refractivity contribution in [3.8, 4) is 0 Å². The normalized spacial score (nSPS) is 13.9. The molecule has 1 atom stereocenters. The summed E-state index contributed by atoms with van der Waals surface area (Å²) >= 11 is 4.11. The van der Waals surface area contributed by atoms with Crippen molar-refractivity contribution in [3.63, 3.8) is 0 Å². The SMILES string of the molecule is CCCC(S)S(=O)(=O)c1ccccc1. The molecule has 1 rings (SSSR count). The van der Waals surface area contributed by atoms with Crippen LogP contribution in [-0.2, 0) is 9.84 Å². The van der Waals surface area contributed by atoms with Crippen LogP contribution in [0.5, 0.6) is 0 Å². The van der Waals surface area contributed by atoms with E-state index < -0.39 is 14.4 Å². The van der Waals surface area contributed by atoms with Crippen LogP contribution in [-0.4, -0.2) is 13.0 Å². The van der Waals surface area contributed by atoms with Crippen LogP contribution in [0.1, 0.15) is 19.8 Å². The molecule has 0 aliphatic rings. The molecule has 2 nitrogen and oxygen atoms in total. The number of rotatable bonds is 4. The second-order valence-corrected chi connectivity index (χ2v) is 6.20. The molecule has 0 heterocycles. The zero-order chi connectivity index (χ0) is 10.6. The van der Waals surface area contributed by atoms with Gasteiger partial charge in [0.15, 0.2) is 9.84 Å². The molecule has 0 fully saturated rings. The summed E-state index contributed by atoms with van der Waals surface area (Å²) in [5, 5.41) is 0. The summed E-state index contributed by atoms with van der Waals surface area (Å²) in [6, 6.07) is 8.45. The Labute approximate surface area is 90.7 Å². The van der Waals surface area contributed by atoms with Crippen molar-refractivity contribution in [2.24, 2.45) is 0 Å². The number of hydrogen-bond donors (Lipinski definition) is 1. The van der Waals surface area contributed by atoms with Gasteiger partial charge >= 0.3 is 0 Å². The van der Waals surface area contributed by atoms with Gasteiger partial charge in [-0.2, -0.15) is 12.6 Å². The van der Waals surface area contributed by atoms with Crippen molar-refractivity contribution >= 4 is 22.5 Å². The molecule has 0 spiro atoms. The van der Waals surface area contributed by atoms with E-state index in [4.69, 9.17) is 0 Å². The Kier molecular flexibility index (Phi) is 4.01. The van der Waals surface area contributed by atoms with Crippen molar-refractivity contribution in [3.05, 3.63) is 30.3 Å². The molecule has 0 amide bonds. The molecule has 0 bridgehead atoms. The van der Waals surface area contributed by atoms with E-state index in [1.54, 1.807) is 30.3 Å². The second kappa shape index (κ2) is 4.84. The number of sulfone groups is 1. The van der Waals surface area contributed by atoms with Crippen LogP contribution in [0.2, 0.25) is 0 Å². The molecule has 14 heavy (non-hydrogen) atoms. The fraction of sp³-hybridized carbons (Fsp3) is 0.400. The summed E-state index contributed by atoms with van der Waals surface area (Å²) in [6.45, 7) is 1.95. The van der Waals surface area contributed by atoms with E-state index in [1.165, 1.54) is 0 Å². The maximum absolute atomic E-state index is 11.8. The average molecular weight is 230 g/mol. The van der Waals surface area contributed by atoms with E-state index in [0.29, 0.717) is 11.3 Å². The quantitative estimate of drug-likeness (QED) is 0.806. The van der Waals surface area contributed by atoms with E-state index >= 15 is 0 Å². The fourth-order valence-electron chi connectivity index (χ4n) is 1.17. The molecule has 1 unspecified atom stereocenters. The predicted molar refractivity (Wildman–Crippen MR) is 61.3 cm³/mol. The molecule has 4 heteroatoms. The Morgan fingerprint density at radius 2 is 1.86 bits per heavy atom. The van der Waals surface area contributed by atoms with Crippen LogP contribution >= 0.6 is 12.6 Å². The van der Waals surface area contributed by atoms with Gasteiger partial charge in [0, 0.05) is 0 Å². The number of benzene rings is 1. The third-order valence-electron chi connectivity index (χ3n) is 1.97. The van der Waals surface area contributed by atoms with Gasteiger partial charge in [0.2, 0.25) is 0 Å². The van der Waals surface area contributed by atoms with Crippen molar-refractivity contribution in [1.29, 1.82) is 0 Å². The highest BCUT2D eigenvalue weighted by Crippen LogP contribution is 2.21. The Bertz CT molecular complexity index is 370. The lowest BCUT2D eigenvalue weighted by atomic mass is 10.4. The Morgan fingerprint density at radius 1 is 1.29 bits per heavy atom. The zero-order valence-corrected chi connectivity index (χ0v) is 9.76. The minimum atomic E-state index is -3.24. The van der Waals surface area contributed by atoms with E-state index in [-0.39, 0.29) is 0 Å². The van der Waals surface area contributed by atoms with Gasteiger partial charge in [0.05, 0.1) is 4.90 Å². The predicted octanol–water partition coefficient (Wildman–Crippen LogP) is 2.52. The van der Waals surface area contributed by atoms with Gasteiger partial charge in [0.25, 0.3) is 0 Å². The maximum Gasteiger partial charge on any atom is 0.190 e. The van der Waals surface area contributed by atoms with Crippen LogP contribution in [0.3, 0.4) is 0 Å². The van der Waals surface area contributed by atoms with Crippen LogP contribution in [0.4, 0.5) is 0 Å². The summed E-state index contributed by atoms with van der Waals surface area (Å²) in [6.07, 6.45) is 1.40. The van der Waals surface area contributed by atoms with Crippen LogP contribution in [0.25, 0.3) is 0 Å². The third-order valence-corrected chi connectivity index (χ3v) is 4.94. The second-order valence-electron chi connectivity index (χ2n) is 3.10. The van der Waals surface area contributed by atoms with Gasteiger partial charge in [-0.25, -0.2) is 8.42 Å². The molecule has 0 saturated heterocycles. The van der Waals surface area contributed by atoms with Gasteiger partial charge in [0.1, 0.15) is 4.58 Å². The first-order valence-electron chi connectivity index (χ1n) is 4.56. The highest BCUT2D eigenvalue weighted by molar-refractivity contribution is 8.04. The van der Waals surface area contributed by atoms with Gasteiger partial charge in [-0.3, -0.25) is 0 Å². The molecule has 0 aliphatic heterocycles. The maximum atomic E-state index is 11.8. The third kappa shape index (κ3) is 2.51. The zero-order valence-electron chi connectivity index (χ0n) is 8.05. The van der Waals surface area contributed by atoms with E-state index in [0.717, 1.165) is 6.42 Å². The summed E-state index contributed by atoms with van der Waals surface area (Å²) < 4.78 is 23.1. The topological polar surface area (TPSA) is 34.1 Å². The molecule has 0 N–H and O–H groups in total. The van der Waals surface area contributed by atoms with Crippen molar-refractivity contribution in [2.75, 3.05) is 0 Å². The van der Waals surface area contributed by atoms with Crippen molar-refractivity contribution < 1.29 is 8.42 Å². The monoisotopic (exact) mass is 230 g/mol. The Morgan fingerprint density at radius 3 is 2.36 bits per heavy atom. The van der Waals surface area contributed by atoms with Crippen molar-refractivity contribution in [1.82, 2.24) is 0 Å². The smallest absolute Gasteiger partial charge is 0.190 e. The van der Waals surface area contributed by atoms with Crippen LogP contribution < -0.4 is 0 Å². The molecule has 0 saturated carbocycles. The molecule has 0 aliphatic carbocycles. The Balaban J connectivity index is 2.97. The van der Waals surface area contributed by atoms with E-state index in [1.807, 2.05) is 6.92 Å². The molecule has 78 valence electrons. The summed E-state index contributed by atoms with van der Waals surface area (Å²) in [5.74, 6) is 0. The molecule has 0 aromatic heterocycles. The highest BCUT2D eigenvalue weighted by Gasteiger charge is 2.22. The molecule has 1 aromatic rings. The molecular formula is C10H14O2S2. The number of thiol groups is 1. The lowest BCUT2D eigenvalue weighted by Gasteiger charge is -2.10. The van der Waals surface area contributed by atoms with Crippen LogP contribution in [0.15, 0.2) is 35.2 Å². The van der Waals surface area contributed by atoms with Crippen molar-refractivity contribution in [2.45, 2.75) is 29.2 Å². The first-order valence-corrected chi connectivity index (χ1v) is 6.62. The number of hydrogen-bond acceptors (Lipinski definition) is 3. The van der Waals surface area contributed by atoms with Gasteiger partial charge < -0.3 is 0 Å². The average Bonchev–Trinajstić information content (AvgIpc) is 2.19. The van der Waals surface area contributed by atoms with Gasteiger partial charge in [-0.1, -0.05) is 31.5 Å².